The molecule has 0 unspecified atom stereocenters. The number of hydrogen-bond acceptors (Lipinski definition) is 6. The number of carbonyl (C=O) groups is 2. The highest BCUT2D eigenvalue weighted by Crippen LogP contribution is 2.33. The van der Waals surface area contributed by atoms with Crippen molar-refractivity contribution in [2.24, 2.45) is 0 Å². The van der Waals surface area contributed by atoms with E-state index in [1.54, 1.807) is 30.0 Å². The van der Waals surface area contributed by atoms with Crippen molar-refractivity contribution in [1.29, 1.82) is 0 Å². The first-order chi connectivity index (χ1) is 13.5. The second kappa shape index (κ2) is 10.4. The number of benzene rings is 2. The summed E-state index contributed by atoms with van der Waals surface area (Å²) in [6.07, 6.45) is 4.14. The molecular weight excluding hydrogens is 378 g/mol. The van der Waals surface area contributed by atoms with E-state index in [4.69, 9.17) is 14.2 Å². The molecule has 0 spiro atoms. The molecule has 2 rings (SSSR count). The highest BCUT2D eigenvalue weighted by molar-refractivity contribution is 7.98. The molecule has 0 aromatic heterocycles. The number of anilines is 1. The molecule has 148 valence electrons. The van der Waals surface area contributed by atoms with Gasteiger partial charge in [0.15, 0.2) is 18.1 Å². The summed E-state index contributed by atoms with van der Waals surface area (Å²) in [5, 5.41) is 2.71. The Labute approximate surface area is 168 Å². The summed E-state index contributed by atoms with van der Waals surface area (Å²) in [4.78, 5) is 25.5. The van der Waals surface area contributed by atoms with Crippen LogP contribution in [0.15, 0.2) is 53.9 Å². The molecule has 0 aliphatic rings. The summed E-state index contributed by atoms with van der Waals surface area (Å²) < 4.78 is 15.8. The number of ether oxygens (including phenoxy) is 3. The molecule has 0 aliphatic carbocycles. The Hall–Kier alpha value is -2.93. The molecule has 28 heavy (non-hydrogen) atoms. The SMILES string of the molecule is C=CCc1cc(C(=O)OCC(=O)Nc2cccc(SC)c2)cc(OC)c1OC. The predicted molar refractivity (Wildman–Crippen MR) is 111 cm³/mol. The van der Waals surface area contributed by atoms with Crippen molar-refractivity contribution in [1.82, 2.24) is 0 Å². The summed E-state index contributed by atoms with van der Waals surface area (Å²) in [7, 11) is 3.01. The fraction of sp³-hybridized carbons (Fsp3) is 0.238. The van der Waals surface area contributed by atoms with Gasteiger partial charge in [0.1, 0.15) is 0 Å². The van der Waals surface area contributed by atoms with E-state index in [9.17, 15) is 9.59 Å². The molecular formula is C21H23NO5S. The fourth-order valence-electron chi connectivity index (χ4n) is 2.58. The Kier molecular flexibility index (Phi) is 7.95. The molecule has 0 heterocycles. The van der Waals surface area contributed by atoms with Gasteiger partial charge in [0.2, 0.25) is 0 Å². The van der Waals surface area contributed by atoms with E-state index in [2.05, 4.69) is 11.9 Å². The molecule has 1 N–H and O–H groups in total. The van der Waals surface area contributed by atoms with Crippen LogP contribution in [-0.4, -0.2) is 39.0 Å². The van der Waals surface area contributed by atoms with E-state index < -0.39 is 18.5 Å². The standard InChI is InChI=1S/C21H23NO5S/c1-5-7-14-10-15(11-18(25-2)20(14)26-3)21(24)27-13-19(23)22-16-8-6-9-17(12-16)28-4/h5-6,8-12H,1,7,13H2,2-4H3,(H,22,23). The predicted octanol–water partition coefficient (Wildman–Crippen LogP) is 3.95. The minimum atomic E-state index is -0.626. The van der Waals surface area contributed by atoms with Gasteiger partial charge in [-0.2, -0.15) is 0 Å². The van der Waals surface area contributed by atoms with Gasteiger partial charge in [0, 0.05) is 16.1 Å². The number of nitrogens with one attached hydrogen (secondary N) is 1. The Morgan fingerprint density at radius 2 is 1.96 bits per heavy atom. The van der Waals surface area contributed by atoms with Crippen LogP contribution in [0.25, 0.3) is 0 Å². The van der Waals surface area contributed by atoms with Crippen molar-refractivity contribution in [2.45, 2.75) is 11.3 Å². The van der Waals surface area contributed by atoms with Crippen LogP contribution in [0.4, 0.5) is 5.69 Å². The lowest BCUT2D eigenvalue weighted by molar-refractivity contribution is -0.119. The van der Waals surface area contributed by atoms with Crippen LogP contribution in [0.5, 0.6) is 11.5 Å². The molecule has 0 aliphatic heterocycles. The Morgan fingerprint density at radius 3 is 2.61 bits per heavy atom. The number of carbonyl (C=O) groups excluding carboxylic acids is 2. The van der Waals surface area contributed by atoms with E-state index in [0.717, 1.165) is 10.5 Å². The monoisotopic (exact) mass is 401 g/mol. The van der Waals surface area contributed by atoms with E-state index in [-0.39, 0.29) is 5.56 Å². The molecule has 2 aromatic rings. The average molecular weight is 401 g/mol. The number of thioether (sulfide) groups is 1. The highest BCUT2D eigenvalue weighted by Gasteiger charge is 2.17. The summed E-state index contributed by atoms with van der Waals surface area (Å²) in [5.41, 5.74) is 1.65. The van der Waals surface area contributed by atoms with E-state index >= 15 is 0 Å². The number of methoxy groups -OCH3 is 2. The van der Waals surface area contributed by atoms with E-state index in [1.165, 1.54) is 20.3 Å². The Morgan fingerprint density at radius 1 is 1.18 bits per heavy atom. The van der Waals surface area contributed by atoms with Crippen LogP contribution in [0.1, 0.15) is 15.9 Å². The van der Waals surface area contributed by atoms with Gasteiger partial charge in [-0.25, -0.2) is 4.79 Å². The minimum absolute atomic E-state index is 0.270. The normalized spacial score (nSPS) is 10.1. The maximum atomic E-state index is 12.4. The van der Waals surface area contributed by atoms with Gasteiger partial charge in [-0.3, -0.25) is 4.79 Å². The quantitative estimate of drug-likeness (QED) is 0.390. The van der Waals surface area contributed by atoms with Crippen molar-refractivity contribution in [3.63, 3.8) is 0 Å². The zero-order valence-corrected chi connectivity index (χ0v) is 16.9. The van der Waals surface area contributed by atoms with Gasteiger partial charge in [0.05, 0.1) is 19.8 Å². The zero-order valence-electron chi connectivity index (χ0n) is 16.1. The summed E-state index contributed by atoms with van der Waals surface area (Å²) in [6.45, 7) is 3.31. The van der Waals surface area contributed by atoms with Crippen molar-refractivity contribution >= 4 is 29.3 Å². The number of rotatable bonds is 9. The lowest BCUT2D eigenvalue weighted by atomic mass is 10.1. The number of allylic oxidation sites excluding steroid dienone is 1. The van der Waals surface area contributed by atoms with Crippen LogP contribution in [-0.2, 0) is 16.0 Å². The molecule has 2 aromatic carbocycles. The first-order valence-corrected chi connectivity index (χ1v) is 9.71. The topological polar surface area (TPSA) is 73.9 Å². The molecule has 1 amide bonds. The van der Waals surface area contributed by atoms with E-state index in [1.807, 2.05) is 24.5 Å². The second-order valence-electron chi connectivity index (χ2n) is 5.72. The van der Waals surface area contributed by atoms with Crippen LogP contribution < -0.4 is 14.8 Å². The van der Waals surface area contributed by atoms with Crippen LogP contribution in [0.3, 0.4) is 0 Å². The lowest BCUT2D eigenvalue weighted by Crippen LogP contribution is -2.21. The molecule has 0 fully saturated rings. The third-order valence-corrected chi connectivity index (χ3v) is 4.57. The molecule has 7 heteroatoms. The molecule has 0 saturated heterocycles. The average Bonchev–Trinajstić information content (AvgIpc) is 2.71. The van der Waals surface area contributed by atoms with Crippen molar-refractivity contribution in [3.8, 4) is 11.5 Å². The van der Waals surface area contributed by atoms with E-state index in [0.29, 0.717) is 23.6 Å². The van der Waals surface area contributed by atoms with Crippen molar-refractivity contribution < 1.29 is 23.8 Å². The van der Waals surface area contributed by atoms with Gasteiger partial charge in [-0.05, 0) is 43.0 Å². The number of esters is 1. The third kappa shape index (κ3) is 5.53. The smallest absolute Gasteiger partial charge is 0.338 e. The Balaban J connectivity index is 2.06. The molecule has 0 saturated carbocycles. The van der Waals surface area contributed by atoms with Gasteiger partial charge < -0.3 is 19.5 Å². The summed E-state index contributed by atoms with van der Waals surface area (Å²) in [5.74, 6) is -0.102. The van der Waals surface area contributed by atoms with Gasteiger partial charge >= 0.3 is 5.97 Å². The summed E-state index contributed by atoms with van der Waals surface area (Å²) in [6, 6.07) is 10.6. The first-order valence-electron chi connectivity index (χ1n) is 8.49. The lowest BCUT2D eigenvalue weighted by Gasteiger charge is -2.14. The molecule has 0 atom stereocenters. The van der Waals surface area contributed by atoms with Gasteiger partial charge in [-0.1, -0.05) is 12.1 Å². The van der Waals surface area contributed by atoms with Crippen LogP contribution >= 0.6 is 11.8 Å². The largest absolute Gasteiger partial charge is 0.493 e. The molecule has 6 nitrogen and oxygen atoms in total. The second-order valence-corrected chi connectivity index (χ2v) is 6.60. The molecule has 0 radical (unpaired) electrons. The third-order valence-electron chi connectivity index (χ3n) is 3.84. The zero-order chi connectivity index (χ0) is 20.5. The highest BCUT2D eigenvalue weighted by atomic mass is 32.2. The van der Waals surface area contributed by atoms with Gasteiger partial charge in [-0.15, -0.1) is 18.3 Å². The number of amides is 1. The Bertz CT molecular complexity index is 866. The molecule has 0 bridgehead atoms. The fourth-order valence-corrected chi connectivity index (χ4v) is 3.04. The maximum Gasteiger partial charge on any atom is 0.338 e. The van der Waals surface area contributed by atoms with Crippen LogP contribution in [0.2, 0.25) is 0 Å². The number of hydrogen-bond donors (Lipinski definition) is 1. The van der Waals surface area contributed by atoms with Gasteiger partial charge in [0.25, 0.3) is 5.91 Å². The summed E-state index contributed by atoms with van der Waals surface area (Å²) >= 11 is 1.57. The maximum absolute atomic E-state index is 12.4. The van der Waals surface area contributed by atoms with Crippen LogP contribution in [0, 0.1) is 0 Å². The van der Waals surface area contributed by atoms with Crippen molar-refractivity contribution in [3.05, 3.63) is 60.2 Å². The first kappa shape index (κ1) is 21.4. The minimum Gasteiger partial charge on any atom is -0.493 e. The van der Waals surface area contributed by atoms with Crippen molar-refractivity contribution in [2.75, 3.05) is 32.4 Å².